The van der Waals surface area contributed by atoms with E-state index in [1.54, 1.807) is 18.5 Å². The molecule has 0 saturated heterocycles. The fourth-order valence-corrected chi connectivity index (χ4v) is 1.71. The molecule has 1 N–H and O–H groups in total. The van der Waals surface area contributed by atoms with Crippen molar-refractivity contribution in [2.24, 2.45) is 0 Å². The molecule has 0 saturated carbocycles. The number of rotatable bonds is 6. The smallest absolute Gasteiger partial charge is 0.287 e. The molecule has 0 aliphatic rings. The molecule has 1 heterocycles. The maximum atomic E-state index is 12.2. The highest BCUT2D eigenvalue weighted by molar-refractivity contribution is 5.93. The topological polar surface area (TPSA) is 88.6 Å². The van der Waals surface area contributed by atoms with E-state index in [0.717, 1.165) is 0 Å². The standard InChI is InChI=1S/C12H19N3O4/c1-4-14-8-10(15(18)19)7-11(14)12(17)13(3)6-5-9(2)16/h7-9,16H,4-6H2,1-3H3. The van der Waals surface area contributed by atoms with Crippen LogP contribution in [0.2, 0.25) is 0 Å². The number of amides is 1. The van der Waals surface area contributed by atoms with Crippen LogP contribution in [0.4, 0.5) is 5.69 Å². The Labute approximate surface area is 111 Å². The molecule has 1 amide bonds. The van der Waals surface area contributed by atoms with Crippen molar-refractivity contribution >= 4 is 11.6 Å². The minimum Gasteiger partial charge on any atom is -0.393 e. The van der Waals surface area contributed by atoms with Crippen LogP contribution >= 0.6 is 0 Å². The zero-order valence-electron chi connectivity index (χ0n) is 11.4. The Bertz CT molecular complexity index is 468. The normalized spacial score (nSPS) is 12.2. The molecule has 1 rings (SSSR count). The zero-order valence-corrected chi connectivity index (χ0v) is 11.4. The number of aliphatic hydroxyl groups excluding tert-OH is 1. The molecule has 1 atom stereocenters. The van der Waals surface area contributed by atoms with Gasteiger partial charge in [0.1, 0.15) is 5.69 Å². The Balaban J connectivity index is 2.89. The zero-order chi connectivity index (χ0) is 14.6. The summed E-state index contributed by atoms with van der Waals surface area (Å²) in [5, 5.41) is 19.9. The third-order valence-corrected chi connectivity index (χ3v) is 2.88. The Morgan fingerprint density at radius 2 is 2.26 bits per heavy atom. The first-order valence-corrected chi connectivity index (χ1v) is 6.14. The predicted octanol–water partition coefficient (Wildman–Crippen LogP) is 1.26. The third-order valence-electron chi connectivity index (χ3n) is 2.88. The fraction of sp³-hybridized carbons (Fsp3) is 0.583. The van der Waals surface area contributed by atoms with Crippen molar-refractivity contribution in [3.63, 3.8) is 0 Å². The van der Waals surface area contributed by atoms with Crippen LogP contribution < -0.4 is 0 Å². The lowest BCUT2D eigenvalue weighted by Crippen LogP contribution is -2.30. The summed E-state index contributed by atoms with van der Waals surface area (Å²) >= 11 is 0. The molecule has 0 bridgehead atoms. The molecule has 0 aliphatic heterocycles. The molecule has 1 unspecified atom stereocenters. The first-order valence-electron chi connectivity index (χ1n) is 6.14. The van der Waals surface area contributed by atoms with E-state index in [0.29, 0.717) is 25.2 Å². The van der Waals surface area contributed by atoms with E-state index < -0.39 is 11.0 Å². The van der Waals surface area contributed by atoms with Crippen molar-refractivity contribution in [1.82, 2.24) is 9.47 Å². The van der Waals surface area contributed by atoms with Gasteiger partial charge in [0.25, 0.3) is 11.6 Å². The van der Waals surface area contributed by atoms with Crippen LogP contribution in [-0.2, 0) is 6.54 Å². The Morgan fingerprint density at radius 3 is 2.74 bits per heavy atom. The Kier molecular flexibility index (Phi) is 5.05. The van der Waals surface area contributed by atoms with Gasteiger partial charge < -0.3 is 14.6 Å². The monoisotopic (exact) mass is 269 g/mol. The minimum absolute atomic E-state index is 0.0888. The maximum absolute atomic E-state index is 12.2. The number of aryl methyl sites for hydroxylation is 1. The van der Waals surface area contributed by atoms with Crippen molar-refractivity contribution in [2.75, 3.05) is 13.6 Å². The highest BCUT2D eigenvalue weighted by atomic mass is 16.6. The van der Waals surface area contributed by atoms with Gasteiger partial charge in [0, 0.05) is 26.2 Å². The van der Waals surface area contributed by atoms with Gasteiger partial charge in [-0.2, -0.15) is 0 Å². The number of aromatic nitrogens is 1. The molecule has 0 aliphatic carbocycles. The lowest BCUT2D eigenvalue weighted by atomic mass is 10.2. The molecule has 106 valence electrons. The Morgan fingerprint density at radius 1 is 1.63 bits per heavy atom. The van der Waals surface area contributed by atoms with Gasteiger partial charge in [-0.15, -0.1) is 0 Å². The number of hydrogen-bond donors (Lipinski definition) is 1. The van der Waals surface area contributed by atoms with Gasteiger partial charge in [0.15, 0.2) is 0 Å². The number of nitrogens with zero attached hydrogens (tertiary/aromatic N) is 3. The van der Waals surface area contributed by atoms with Gasteiger partial charge in [0.2, 0.25) is 0 Å². The van der Waals surface area contributed by atoms with Crippen molar-refractivity contribution in [3.8, 4) is 0 Å². The molecule has 0 fully saturated rings. The number of hydrogen-bond acceptors (Lipinski definition) is 4. The summed E-state index contributed by atoms with van der Waals surface area (Å²) in [4.78, 5) is 23.8. The second kappa shape index (κ2) is 6.33. The first-order chi connectivity index (χ1) is 8.86. The molecular formula is C12H19N3O4. The number of nitro groups is 1. The molecular weight excluding hydrogens is 250 g/mol. The average Bonchev–Trinajstić information content (AvgIpc) is 2.79. The highest BCUT2D eigenvalue weighted by Gasteiger charge is 2.21. The fourth-order valence-electron chi connectivity index (χ4n) is 1.71. The van der Waals surface area contributed by atoms with Crippen molar-refractivity contribution in [1.29, 1.82) is 0 Å². The maximum Gasteiger partial charge on any atom is 0.287 e. The van der Waals surface area contributed by atoms with E-state index in [1.807, 2.05) is 6.92 Å². The summed E-state index contributed by atoms with van der Waals surface area (Å²) in [5.41, 5.74) is 0.205. The second-order valence-corrected chi connectivity index (χ2v) is 4.49. The Hall–Kier alpha value is -1.89. The summed E-state index contributed by atoms with van der Waals surface area (Å²) in [7, 11) is 1.61. The van der Waals surface area contributed by atoms with E-state index in [-0.39, 0.29) is 11.6 Å². The van der Waals surface area contributed by atoms with E-state index in [2.05, 4.69) is 0 Å². The van der Waals surface area contributed by atoms with Crippen LogP contribution in [-0.4, -0.2) is 45.1 Å². The summed E-state index contributed by atoms with van der Waals surface area (Å²) in [5.74, 6) is -0.282. The molecule has 1 aromatic heterocycles. The quantitative estimate of drug-likeness (QED) is 0.622. The molecule has 7 heteroatoms. The molecule has 7 nitrogen and oxygen atoms in total. The molecule has 0 aromatic carbocycles. The van der Waals surface area contributed by atoms with E-state index in [9.17, 15) is 20.0 Å². The van der Waals surface area contributed by atoms with E-state index in [4.69, 9.17) is 0 Å². The van der Waals surface area contributed by atoms with Gasteiger partial charge >= 0.3 is 0 Å². The second-order valence-electron chi connectivity index (χ2n) is 4.49. The van der Waals surface area contributed by atoms with Crippen LogP contribution in [0, 0.1) is 10.1 Å². The molecule has 19 heavy (non-hydrogen) atoms. The van der Waals surface area contributed by atoms with Gasteiger partial charge in [-0.1, -0.05) is 0 Å². The van der Waals surface area contributed by atoms with E-state index in [1.165, 1.54) is 17.2 Å². The van der Waals surface area contributed by atoms with Gasteiger partial charge in [0.05, 0.1) is 17.2 Å². The van der Waals surface area contributed by atoms with Crippen LogP contribution in [0.3, 0.4) is 0 Å². The van der Waals surface area contributed by atoms with Crippen LogP contribution in [0.1, 0.15) is 30.8 Å². The molecule has 1 aromatic rings. The SMILES string of the molecule is CCn1cc([N+](=O)[O-])cc1C(=O)N(C)CCC(C)O. The molecule has 0 spiro atoms. The lowest BCUT2D eigenvalue weighted by Gasteiger charge is -2.18. The summed E-state index contributed by atoms with van der Waals surface area (Å²) in [6.07, 6.45) is 1.34. The number of carbonyl (C=O) groups is 1. The van der Waals surface area contributed by atoms with Crippen LogP contribution in [0.25, 0.3) is 0 Å². The first kappa shape index (κ1) is 15.2. The predicted molar refractivity (Wildman–Crippen MR) is 70.0 cm³/mol. The van der Waals surface area contributed by atoms with Crippen molar-refractivity contribution in [2.45, 2.75) is 32.9 Å². The summed E-state index contributed by atoms with van der Waals surface area (Å²) < 4.78 is 1.55. The van der Waals surface area contributed by atoms with Gasteiger partial charge in [-0.3, -0.25) is 14.9 Å². The number of aliphatic hydroxyl groups is 1. The van der Waals surface area contributed by atoms with Crippen molar-refractivity contribution < 1.29 is 14.8 Å². The highest BCUT2D eigenvalue weighted by Crippen LogP contribution is 2.18. The lowest BCUT2D eigenvalue weighted by molar-refractivity contribution is -0.384. The number of carbonyl (C=O) groups excluding carboxylic acids is 1. The average molecular weight is 269 g/mol. The third kappa shape index (κ3) is 3.78. The van der Waals surface area contributed by atoms with Crippen LogP contribution in [0.5, 0.6) is 0 Å². The summed E-state index contributed by atoms with van der Waals surface area (Å²) in [6, 6.07) is 1.28. The minimum atomic E-state index is -0.515. The van der Waals surface area contributed by atoms with Gasteiger partial charge in [-0.25, -0.2) is 0 Å². The van der Waals surface area contributed by atoms with Crippen LogP contribution in [0.15, 0.2) is 12.3 Å². The molecule has 0 radical (unpaired) electrons. The van der Waals surface area contributed by atoms with Gasteiger partial charge in [-0.05, 0) is 20.3 Å². The summed E-state index contributed by atoms with van der Waals surface area (Å²) in [6.45, 7) is 4.35. The van der Waals surface area contributed by atoms with Crippen molar-refractivity contribution in [3.05, 3.63) is 28.1 Å². The van der Waals surface area contributed by atoms with E-state index >= 15 is 0 Å². The largest absolute Gasteiger partial charge is 0.393 e.